The van der Waals surface area contributed by atoms with Gasteiger partial charge in [0.1, 0.15) is 5.82 Å². The van der Waals surface area contributed by atoms with Gasteiger partial charge in [-0.2, -0.15) is 0 Å². The van der Waals surface area contributed by atoms with Crippen molar-refractivity contribution < 1.29 is 9.18 Å². The number of halogens is 2. The van der Waals surface area contributed by atoms with Crippen LogP contribution in [0.2, 0.25) is 0 Å². The van der Waals surface area contributed by atoms with Crippen molar-refractivity contribution in [1.82, 2.24) is 9.80 Å². The van der Waals surface area contributed by atoms with Crippen LogP contribution in [0.25, 0.3) is 0 Å². The molecule has 1 unspecified atom stereocenters. The van der Waals surface area contributed by atoms with Gasteiger partial charge in [-0.25, -0.2) is 4.39 Å². The average molecular weight is 329 g/mol. The minimum atomic E-state index is -0.380. The van der Waals surface area contributed by atoms with Crippen molar-refractivity contribution >= 4 is 21.8 Å². The van der Waals surface area contributed by atoms with Crippen LogP contribution in [0.5, 0.6) is 0 Å². The lowest BCUT2D eigenvalue weighted by Crippen LogP contribution is -2.41. The summed E-state index contributed by atoms with van der Waals surface area (Å²) in [5.74, 6) is -0.467. The van der Waals surface area contributed by atoms with E-state index in [2.05, 4.69) is 20.8 Å². The van der Waals surface area contributed by atoms with Gasteiger partial charge in [-0.05, 0) is 61.1 Å². The first-order valence-corrected chi connectivity index (χ1v) is 7.19. The molecule has 0 saturated carbocycles. The van der Waals surface area contributed by atoms with Crippen molar-refractivity contribution in [3.8, 4) is 0 Å². The SMILES string of the molecule is CN(C)CC1CCCN1C(=O)c1cc(F)ccc1Br. The third-order valence-corrected chi connectivity index (χ3v) is 4.06. The Balaban J connectivity index is 2.20. The number of likely N-dealkylation sites (N-methyl/N-ethyl adjacent to an activating group) is 1. The number of carbonyl (C=O) groups is 1. The number of hydrogen-bond acceptors (Lipinski definition) is 2. The van der Waals surface area contributed by atoms with Crippen LogP contribution in [0.1, 0.15) is 23.2 Å². The zero-order valence-corrected chi connectivity index (χ0v) is 12.8. The van der Waals surface area contributed by atoms with Crippen LogP contribution in [0, 0.1) is 5.82 Å². The summed E-state index contributed by atoms with van der Waals surface area (Å²) in [6.45, 7) is 1.60. The summed E-state index contributed by atoms with van der Waals surface area (Å²) in [6.07, 6.45) is 2.02. The van der Waals surface area contributed by atoms with Gasteiger partial charge in [0.15, 0.2) is 0 Å². The molecule has 1 aromatic carbocycles. The van der Waals surface area contributed by atoms with E-state index in [9.17, 15) is 9.18 Å². The van der Waals surface area contributed by atoms with Crippen LogP contribution >= 0.6 is 15.9 Å². The first-order chi connectivity index (χ1) is 8.99. The van der Waals surface area contributed by atoms with Gasteiger partial charge in [-0.15, -0.1) is 0 Å². The lowest BCUT2D eigenvalue weighted by molar-refractivity contribution is 0.0715. The predicted molar refractivity (Wildman–Crippen MR) is 76.7 cm³/mol. The van der Waals surface area contributed by atoms with Crippen LogP contribution in [0.3, 0.4) is 0 Å². The Bertz CT molecular complexity index is 479. The number of carbonyl (C=O) groups excluding carboxylic acids is 1. The third kappa shape index (κ3) is 3.34. The van der Waals surface area contributed by atoms with Crippen LogP contribution in [0.15, 0.2) is 22.7 Å². The third-order valence-electron chi connectivity index (χ3n) is 3.37. The molecular weight excluding hydrogens is 311 g/mol. The summed E-state index contributed by atoms with van der Waals surface area (Å²) >= 11 is 3.32. The van der Waals surface area contributed by atoms with E-state index >= 15 is 0 Å². The van der Waals surface area contributed by atoms with Gasteiger partial charge in [-0.3, -0.25) is 4.79 Å². The van der Waals surface area contributed by atoms with E-state index in [0.29, 0.717) is 10.0 Å². The lowest BCUT2D eigenvalue weighted by atomic mass is 10.1. The number of hydrogen-bond donors (Lipinski definition) is 0. The van der Waals surface area contributed by atoms with Gasteiger partial charge < -0.3 is 9.80 Å². The molecule has 0 bridgehead atoms. The van der Waals surface area contributed by atoms with Crippen LogP contribution in [-0.2, 0) is 0 Å². The van der Waals surface area contributed by atoms with Gasteiger partial charge in [0.25, 0.3) is 5.91 Å². The molecule has 1 saturated heterocycles. The largest absolute Gasteiger partial charge is 0.334 e. The van der Waals surface area contributed by atoms with Crippen molar-refractivity contribution in [3.63, 3.8) is 0 Å². The fourth-order valence-corrected chi connectivity index (χ4v) is 2.95. The molecule has 0 aliphatic carbocycles. The molecule has 0 aromatic heterocycles. The molecule has 104 valence electrons. The molecule has 1 aliphatic heterocycles. The summed E-state index contributed by atoms with van der Waals surface area (Å²) in [5, 5.41) is 0. The van der Waals surface area contributed by atoms with Crippen molar-refractivity contribution in [2.24, 2.45) is 0 Å². The second-order valence-electron chi connectivity index (χ2n) is 5.18. The molecule has 3 nitrogen and oxygen atoms in total. The zero-order valence-electron chi connectivity index (χ0n) is 11.2. The summed E-state index contributed by atoms with van der Waals surface area (Å²) in [5.41, 5.74) is 0.408. The van der Waals surface area contributed by atoms with Gasteiger partial charge in [0.2, 0.25) is 0 Å². The Morgan fingerprint density at radius 1 is 1.53 bits per heavy atom. The highest BCUT2D eigenvalue weighted by Crippen LogP contribution is 2.25. The monoisotopic (exact) mass is 328 g/mol. The summed E-state index contributed by atoms with van der Waals surface area (Å²) in [6, 6.07) is 4.46. The van der Waals surface area contributed by atoms with Gasteiger partial charge in [0.05, 0.1) is 5.56 Å². The average Bonchev–Trinajstić information content (AvgIpc) is 2.78. The maximum Gasteiger partial charge on any atom is 0.255 e. The maximum absolute atomic E-state index is 13.3. The molecule has 1 fully saturated rings. The van der Waals surface area contributed by atoms with Crippen molar-refractivity contribution in [1.29, 1.82) is 0 Å². The second kappa shape index (κ2) is 6.01. The summed E-state index contributed by atoms with van der Waals surface area (Å²) in [7, 11) is 4.00. The topological polar surface area (TPSA) is 23.6 Å². The van der Waals surface area contributed by atoms with Crippen LogP contribution < -0.4 is 0 Å². The molecule has 2 rings (SSSR count). The molecule has 0 N–H and O–H groups in total. The summed E-state index contributed by atoms with van der Waals surface area (Å²) < 4.78 is 13.9. The van der Waals surface area contributed by atoms with E-state index in [1.54, 1.807) is 6.07 Å². The predicted octanol–water partition coefficient (Wildman–Crippen LogP) is 2.75. The van der Waals surface area contributed by atoms with Gasteiger partial charge >= 0.3 is 0 Å². The molecule has 1 aliphatic rings. The first-order valence-electron chi connectivity index (χ1n) is 6.40. The Labute approximate surface area is 121 Å². The Morgan fingerprint density at radius 2 is 2.26 bits per heavy atom. The van der Waals surface area contributed by atoms with E-state index in [-0.39, 0.29) is 17.8 Å². The molecule has 1 aromatic rings. The number of benzene rings is 1. The Kier molecular flexibility index (Phi) is 4.58. The minimum absolute atomic E-state index is 0.0873. The van der Waals surface area contributed by atoms with Crippen LogP contribution in [0.4, 0.5) is 4.39 Å². The maximum atomic E-state index is 13.3. The van der Waals surface area contributed by atoms with E-state index in [4.69, 9.17) is 0 Å². The zero-order chi connectivity index (χ0) is 14.0. The standard InChI is InChI=1S/C14H18BrFN2O/c1-17(2)9-11-4-3-7-18(11)14(19)12-8-10(16)5-6-13(12)15/h5-6,8,11H,3-4,7,9H2,1-2H3. The Hall–Kier alpha value is -0.940. The fourth-order valence-electron chi connectivity index (χ4n) is 2.53. The minimum Gasteiger partial charge on any atom is -0.334 e. The van der Waals surface area contributed by atoms with Crippen LogP contribution in [-0.4, -0.2) is 48.9 Å². The van der Waals surface area contributed by atoms with E-state index in [1.165, 1.54) is 12.1 Å². The van der Waals surface area contributed by atoms with Crippen molar-refractivity contribution in [2.45, 2.75) is 18.9 Å². The number of rotatable bonds is 3. The Morgan fingerprint density at radius 3 is 2.95 bits per heavy atom. The normalized spacial score (nSPS) is 19.2. The van der Waals surface area contributed by atoms with E-state index in [0.717, 1.165) is 25.9 Å². The molecular formula is C14H18BrFN2O. The lowest BCUT2D eigenvalue weighted by Gasteiger charge is -2.27. The second-order valence-corrected chi connectivity index (χ2v) is 6.04. The van der Waals surface area contributed by atoms with Gasteiger partial charge in [0, 0.05) is 23.6 Å². The van der Waals surface area contributed by atoms with Gasteiger partial charge in [-0.1, -0.05) is 0 Å². The first kappa shape index (κ1) is 14.5. The highest BCUT2D eigenvalue weighted by molar-refractivity contribution is 9.10. The molecule has 1 heterocycles. The smallest absolute Gasteiger partial charge is 0.255 e. The summed E-state index contributed by atoms with van der Waals surface area (Å²) in [4.78, 5) is 16.5. The molecule has 0 radical (unpaired) electrons. The highest BCUT2D eigenvalue weighted by atomic mass is 79.9. The van der Waals surface area contributed by atoms with Crippen molar-refractivity contribution in [3.05, 3.63) is 34.1 Å². The number of amides is 1. The molecule has 1 amide bonds. The fraction of sp³-hybridized carbons (Fsp3) is 0.500. The molecule has 1 atom stereocenters. The quantitative estimate of drug-likeness (QED) is 0.851. The molecule has 19 heavy (non-hydrogen) atoms. The molecule has 0 spiro atoms. The molecule has 5 heteroatoms. The highest BCUT2D eigenvalue weighted by Gasteiger charge is 2.30. The number of nitrogens with zero attached hydrogens (tertiary/aromatic N) is 2. The number of likely N-dealkylation sites (tertiary alicyclic amines) is 1. The van der Waals surface area contributed by atoms with Crippen molar-refractivity contribution in [2.75, 3.05) is 27.2 Å². The van der Waals surface area contributed by atoms with E-state index in [1.807, 2.05) is 19.0 Å². The van der Waals surface area contributed by atoms with E-state index < -0.39 is 0 Å².